The molecule has 0 saturated carbocycles. The molecule has 0 aromatic heterocycles. The summed E-state index contributed by atoms with van der Waals surface area (Å²) in [5, 5.41) is 3.43. The average molecular weight is 455 g/mol. The summed E-state index contributed by atoms with van der Waals surface area (Å²) in [5.74, 6) is -0.420. The van der Waals surface area contributed by atoms with Gasteiger partial charge in [0, 0.05) is 5.02 Å². The first-order valence-electron chi connectivity index (χ1n) is 9.49. The van der Waals surface area contributed by atoms with Crippen LogP contribution in [0.2, 0.25) is 10.0 Å². The van der Waals surface area contributed by atoms with Crippen molar-refractivity contribution in [2.75, 3.05) is 17.1 Å². The fourth-order valence-electron chi connectivity index (χ4n) is 3.58. The Kier molecular flexibility index (Phi) is 6.76. The lowest BCUT2D eigenvalue weighted by Gasteiger charge is -2.25. The molecule has 0 bridgehead atoms. The number of sulfonamides is 1. The number of benzene rings is 2. The Hall–Kier alpha value is -1.76. The van der Waals surface area contributed by atoms with Gasteiger partial charge in [-0.2, -0.15) is 0 Å². The number of nitrogens with one attached hydrogen (secondary N) is 1. The smallest absolute Gasteiger partial charge is 0.241 e. The van der Waals surface area contributed by atoms with Crippen molar-refractivity contribution < 1.29 is 13.2 Å². The monoisotopic (exact) mass is 454 g/mol. The highest BCUT2D eigenvalue weighted by molar-refractivity contribution is 7.92. The van der Waals surface area contributed by atoms with Gasteiger partial charge in [-0.1, -0.05) is 41.4 Å². The molecule has 1 N–H and O–H groups in total. The predicted octanol–water partition coefficient (Wildman–Crippen LogP) is 4.52. The van der Waals surface area contributed by atoms with Gasteiger partial charge in [0.2, 0.25) is 15.9 Å². The molecular weight excluding hydrogens is 431 g/mol. The van der Waals surface area contributed by atoms with Crippen LogP contribution in [0, 0.1) is 0 Å². The van der Waals surface area contributed by atoms with Crippen molar-refractivity contribution in [2.45, 2.75) is 38.6 Å². The lowest BCUT2D eigenvalue weighted by molar-refractivity contribution is -0.120. The van der Waals surface area contributed by atoms with Gasteiger partial charge >= 0.3 is 0 Å². The molecular formula is C21H24Cl2N2O3S. The van der Waals surface area contributed by atoms with Crippen LogP contribution >= 0.6 is 23.2 Å². The molecule has 156 valence electrons. The molecule has 0 radical (unpaired) electrons. The van der Waals surface area contributed by atoms with Gasteiger partial charge in [0.1, 0.15) is 6.54 Å². The summed E-state index contributed by atoms with van der Waals surface area (Å²) in [7, 11) is -3.74. The minimum absolute atomic E-state index is 0.179. The Morgan fingerprint density at radius 2 is 1.79 bits per heavy atom. The van der Waals surface area contributed by atoms with E-state index < -0.39 is 15.9 Å². The quantitative estimate of drug-likeness (QED) is 0.697. The third-order valence-corrected chi connectivity index (χ3v) is 6.80. The predicted molar refractivity (Wildman–Crippen MR) is 118 cm³/mol. The van der Waals surface area contributed by atoms with Crippen LogP contribution < -0.4 is 9.62 Å². The first-order chi connectivity index (χ1) is 13.6. The number of aryl methyl sites for hydroxylation is 2. The normalized spacial score (nSPS) is 14.8. The Labute approximate surface area is 182 Å². The molecule has 3 rings (SSSR count). The maximum absolute atomic E-state index is 12.6. The minimum Gasteiger partial charge on any atom is -0.348 e. The Bertz CT molecular complexity index is 1020. The Morgan fingerprint density at radius 1 is 1.10 bits per heavy atom. The van der Waals surface area contributed by atoms with Crippen LogP contribution in [-0.4, -0.2) is 27.1 Å². The highest BCUT2D eigenvalue weighted by Crippen LogP contribution is 2.30. The van der Waals surface area contributed by atoms with Crippen molar-refractivity contribution in [3.8, 4) is 0 Å². The summed E-state index contributed by atoms with van der Waals surface area (Å²) in [6, 6.07) is 10.5. The molecule has 2 aromatic carbocycles. The van der Waals surface area contributed by atoms with Gasteiger partial charge in [0.25, 0.3) is 0 Å². The van der Waals surface area contributed by atoms with Crippen molar-refractivity contribution in [3.05, 3.63) is 63.1 Å². The second-order valence-corrected chi connectivity index (χ2v) is 10.1. The molecule has 1 amide bonds. The number of rotatable bonds is 6. The van der Waals surface area contributed by atoms with Gasteiger partial charge < -0.3 is 5.32 Å². The van der Waals surface area contributed by atoms with Crippen molar-refractivity contribution in [2.24, 2.45) is 0 Å². The fraction of sp³-hybridized carbons (Fsp3) is 0.381. The number of carbonyl (C=O) groups is 1. The molecule has 1 aliphatic carbocycles. The average Bonchev–Trinajstić information content (AvgIpc) is 2.67. The van der Waals surface area contributed by atoms with Gasteiger partial charge in [-0.3, -0.25) is 9.10 Å². The van der Waals surface area contributed by atoms with Gasteiger partial charge in [-0.15, -0.1) is 0 Å². The van der Waals surface area contributed by atoms with Crippen molar-refractivity contribution in [1.29, 1.82) is 0 Å². The summed E-state index contributed by atoms with van der Waals surface area (Å²) < 4.78 is 25.6. The lowest BCUT2D eigenvalue weighted by Crippen LogP contribution is -2.41. The summed E-state index contributed by atoms with van der Waals surface area (Å²) in [6.45, 7) is 1.51. The van der Waals surface area contributed by atoms with Crippen molar-refractivity contribution >= 4 is 44.8 Å². The van der Waals surface area contributed by atoms with Crippen molar-refractivity contribution in [3.63, 3.8) is 0 Å². The van der Waals surface area contributed by atoms with Crippen LogP contribution in [0.3, 0.4) is 0 Å². The van der Waals surface area contributed by atoms with Crippen LogP contribution in [0.5, 0.6) is 0 Å². The molecule has 0 aliphatic heterocycles. The summed E-state index contributed by atoms with van der Waals surface area (Å²) in [5.41, 5.74) is 3.89. The molecule has 0 fully saturated rings. The van der Waals surface area contributed by atoms with E-state index in [0.29, 0.717) is 5.02 Å². The molecule has 29 heavy (non-hydrogen) atoms. The number of fused-ring (bicyclic) bond motifs is 1. The SMILES string of the molecule is C[C@H](NC(=O)CN(c1cc(Cl)ccc1Cl)S(C)(=O)=O)c1ccc2c(c1)CCCC2. The molecule has 2 aromatic rings. The van der Waals surface area contributed by atoms with Crippen molar-refractivity contribution in [1.82, 2.24) is 5.32 Å². The summed E-state index contributed by atoms with van der Waals surface area (Å²) in [4.78, 5) is 12.6. The number of amides is 1. The molecule has 0 spiro atoms. The minimum atomic E-state index is -3.74. The second-order valence-electron chi connectivity index (χ2n) is 7.39. The number of nitrogens with zero attached hydrogens (tertiary/aromatic N) is 1. The number of carbonyl (C=O) groups excluding carboxylic acids is 1. The van der Waals surface area contributed by atoms with Crippen LogP contribution in [-0.2, 0) is 27.7 Å². The van der Waals surface area contributed by atoms with Crippen LogP contribution in [0.4, 0.5) is 5.69 Å². The van der Waals surface area contributed by atoms with Gasteiger partial charge in [-0.25, -0.2) is 8.42 Å². The zero-order chi connectivity index (χ0) is 21.2. The zero-order valence-corrected chi connectivity index (χ0v) is 18.7. The third kappa shape index (κ3) is 5.44. The first kappa shape index (κ1) is 21.9. The fourth-order valence-corrected chi connectivity index (χ4v) is 4.88. The van der Waals surface area contributed by atoms with E-state index in [-0.39, 0.29) is 23.3 Å². The van der Waals surface area contributed by atoms with Crippen LogP contribution in [0.1, 0.15) is 42.5 Å². The van der Waals surface area contributed by atoms with E-state index in [2.05, 4.69) is 17.4 Å². The van der Waals surface area contributed by atoms with Gasteiger partial charge in [-0.05, 0) is 67.5 Å². The van der Waals surface area contributed by atoms with E-state index in [1.807, 2.05) is 13.0 Å². The molecule has 0 saturated heterocycles. The maximum atomic E-state index is 12.6. The Morgan fingerprint density at radius 3 is 2.48 bits per heavy atom. The number of halogens is 2. The molecule has 0 unspecified atom stereocenters. The Balaban J connectivity index is 1.76. The van der Waals surface area contributed by atoms with E-state index in [0.717, 1.165) is 29.0 Å². The van der Waals surface area contributed by atoms with E-state index in [4.69, 9.17) is 23.2 Å². The topological polar surface area (TPSA) is 66.5 Å². The second kappa shape index (κ2) is 8.94. The lowest BCUT2D eigenvalue weighted by atomic mass is 9.89. The molecule has 0 heterocycles. The number of hydrogen-bond donors (Lipinski definition) is 1. The molecule has 5 nitrogen and oxygen atoms in total. The molecule has 1 aliphatic rings. The van der Waals surface area contributed by atoms with Crippen LogP contribution in [0.25, 0.3) is 0 Å². The van der Waals surface area contributed by atoms with E-state index in [1.165, 1.54) is 36.1 Å². The van der Waals surface area contributed by atoms with E-state index in [1.54, 1.807) is 6.07 Å². The standard InChI is InChI=1S/C21H24Cl2N2O3S/c1-14(16-8-7-15-5-3-4-6-17(15)11-16)24-21(26)13-25(29(2,27)28)20-12-18(22)9-10-19(20)23/h7-12,14H,3-6,13H2,1-2H3,(H,24,26)/t14-/m0/s1. The largest absolute Gasteiger partial charge is 0.348 e. The van der Waals surface area contributed by atoms with E-state index in [9.17, 15) is 13.2 Å². The highest BCUT2D eigenvalue weighted by Gasteiger charge is 2.24. The number of anilines is 1. The molecule has 8 heteroatoms. The van der Waals surface area contributed by atoms with Crippen LogP contribution in [0.15, 0.2) is 36.4 Å². The summed E-state index contributed by atoms with van der Waals surface area (Å²) in [6.07, 6.45) is 5.58. The summed E-state index contributed by atoms with van der Waals surface area (Å²) >= 11 is 12.1. The highest BCUT2D eigenvalue weighted by atomic mass is 35.5. The number of hydrogen-bond acceptors (Lipinski definition) is 3. The maximum Gasteiger partial charge on any atom is 0.241 e. The molecule has 1 atom stereocenters. The van der Waals surface area contributed by atoms with Gasteiger partial charge in [0.05, 0.1) is 23.0 Å². The first-order valence-corrected chi connectivity index (χ1v) is 12.1. The van der Waals surface area contributed by atoms with E-state index >= 15 is 0 Å². The zero-order valence-electron chi connectivity index (χ0n) is 16.4. The van der Waals surface area contributed by atoms with Gasteiger partial charge in [0.15, 0.2) is 0 Å². The third-order valence-electron chi connectivity index (χ3n) is 5.11.